The number of nitrogens with zero attached hydrogens (tertiary/aromatic N) is 5. The van der Waals surface area contributed by atoms with Gasteiger partial charge in [-0.2, -0.15) is 0 Å². The highest BCUT2D eigenvalue weighted by atomic mass is 16.6. The number of amides is 1. The molecular weight excluding hydrogens is 442 g/mol. The minimum absolute atomic E-state index is 0.0320. The number of aliphatic carboxylic acids is 1. The van der Waals surface area contributed by atoms with E-state index in [9.17, 15) is 14.7 Å². The van der Waals surface area contributed by atoms with Crippen LogP contribution >= 0.6 is 0 Å². The topological polar surface area (TPSA) is 129 Å². The van der Waals surface area contributed by atoms with Gasteiger partial charge in [0.05, 0.1) is 18.0 Å². The van der Waals surface area contributed by atoms with E-state index in [-0.39, 0.29) is 25.2 Å². The summed E-state index contributed by atoms with van der Waals surface area (Å²) in [5.74, 6) is 0.161. The molecule has 2 aromatic rings. The molecule has 0 spiro atoms. The highest BCUT2D eigenvalue weighted by Crippen LogP contribution is 2.28. The van der Waals surface area contributed by atoms with Crippen LogP contribution < -0.4 is 4.74 Å². The normalized spacial score (nSPS) is 20.4. The summed E-state index contributed by atoms with van der Waals surface area (Å²) in [6.45, 7) is 2.89. The molecule has 0 radical (unpaired) electrons. The number of hydrogen-bond donors (Lipinski definition) is 1. The van der Waals surface area contributed by atoms with Gasteiger partial charge in [0.15, 0.2) is 6.10 Å². The molecule has 11 nitrogen and oxygen atoms in total. The highest BCUT2D eigenvalue weighted by Gasteiger charge is 2.29. The molecule has 11 heteroatoms. The van der Waals surface area contributed by atoms with Crippen LogP contribution in [-0.4, -0.2) is 74.5 Å². The van der Waals surface area contributed by atoms with Gasteiger partial charge in [-0.15, -0.1) is 5.10 Å². The van der Waals surface area contributed by atoms with Crippen molar-refractivity contribution >= 4 is 12.1 Å². The minimum atomic E-state index is -0.983. The molecular formula is C23H31N5O6. The summed E-state index contributed by atoms with van der Waals surface area (Å²) in [6.07, 6.45) is 2.95. The maximum atomic E-state index is 12.4. The molecule has 184 valence electrons. The number of aromatic nitrogens is 4. The number of rotatable bonds is 8. The summed E-state index contributed by atoms with van der Waals surface area (Å²) in [7, 11) is 3.50. The molecule has 2 aromatic heterocycles. The van der Waals surface area contributed by atoms with Crippen molar-refractivity contribution in [3.8, 4) is 17.1 Å². The molecule has 1 saturated carbocycles. The van der Waals surface area contributed by atoms with Gasteiger partial charge in [-0.3, -0.25) is 0 Å². The van der Waals surface area contributed by atoms with Gasteiger partial charge in [-0.05, 0) is 37.8 Å². The largest absolute Gasteiger partial charge is 0.488 e. The third-order valence-corrected chi connectivity index (χ3v) is 6.43. The number of carboxylic acid groups (broad SMARTS) is 1. The standard InChI is InChI=1S/C23H31N5O6/c1-14-19(34-16-9-10-32-20(11-16)22(29)30)8-7-17(24-14)21-18(28(3)26-25-21)13-33-23(31)27(2)12-15-5-4-6-15/h7-8,15-16,20H,4-6,9-13H2,1-3H3,(H,29,30). The van der Waals surface area contributed by atoms with Crippen LogP contribution in [0.2, 0.25) is 0 Å². The Morgan fingerprint density at radius 2 is 2.09 bits per heavy atom. The lowest BCUT2D eigenvalue weighted by Crippen LogP contribution is -2.37. The van der Waals surface area contributed by atoms with E-state index in [0.717, 1.165) is 12.8 Å². The summed E-state index contributed by atoms with van der Waals surface area (Å²) >= 11 is 0. The van der Waals surface area contributed by atoms with Crippen LogP contribution in [0.5, 0.6) is 5.75 Å². The molecule has 1 aliphatic carbocycles. The molecule has 34 heavy (non-hydrogen) atoms. The number of aryl methyl sites for hydroxylation is 2. The average Bonchev–Trinajstić information content (AvgIpc) is 3.16. The molecule has 3 heterocycles. The SMILES string of the molecule is Cc1nc(-c2nnn(C)c2COC(=O)N(C)CC2CCC2)ccc1OC1CCOC(C(=O)O)C1. The van der Waals surface area contributed by atoms with Gasteiger partial charge in [0.25, 0.3) is 0 Å². The monoisotopic (exact) mass is 473 g/mol. The smallest absolute Gasteiger partial charge is 0.409 e. The summed E-state index contributed by atoms with van der Waals surface area (Å²) in [6, 6.07) is 3.56. The second-order valence-electron chi connectivity index (χ2n) is 8.98. The molecule has 2 aliphatic rings. The Balaban J connectivity index is 1.41. The molecule has 1 saturated heterocycles. The number of ether oxygens (including phenoxy) is 3. The number of hydrogen-bond acceptors (Lipinski definition) is 8. The van der Waals surface area contributed by atoms with Gasteiger partial charge in [-0.25, -0.2) is 19.3 Å². The Labute approximate surface area is 198 Å². The van der Waals surface area contributed by atoms with Crippen molar-refractivity contribution in [1.29, 1.82) is 0 Å². The summed E-state index contributed by atoms with van der Waals surface area (Å²) in [4.78, 5) is 29.8. The van der Waals surface area contributed by atoms with E-state index in [1.165, 1.54) is 6.42 Å². The summed E-state index contributed by atoms with van der Waals surface area (Å²) < 4.78 is 18.4. The number of carboxylic acids is 1. The molecule has 1 amide bonds. The zero-order valence-electron chi connectivity index (χ0n) is 19.8. The molecule has 2 fully saturated rings. The average molecular weight is 474 g/mol. The number of carbonyl (C=O) groups excluding carboxylic acids is 1. The van der Waals surface area contributed by atoms with Crippen LogP contribution in [0.4, 0.5) is 4.79 Å². The minimum Gasteiger partial charge on any atom is -0.488 e. The van der Waals surface area contributed by atoms with Crippen LogP contribution in [0.25, 0.3) is 11.4 Å². The van der Waals surface area contributed by atoms with Crippen LogP contribution in [-0.2, 0) is 27.9 Å². The van der Waals surface area contributed by atoms with E-state index < -0.39 is 12.1 Å². The summed E-state index contributed by atoms with van der Waals surface area (Å²) in [5, 5.41) is 17.5. The maximum absolute atomic E-state index is 12.4. The van der Waals surface area contributed by atoms with E-state index >= 15 is 0 Å². The zero-order chi connectivity index (χ0) is 24.2. The van der Waals surface area contributed by atoms with Crippen LogP contribution in [0.1, 0.15) is 43.5 Å². The van der Waals surface area contributed by atoms with E-state index in [1.807, 2.05) is 6.92 Å². The van der Waals surface area contributed by atoms with Crippen molar-refractivity contribution in [1.82, 2.24) is 24.9 Å². The van der Waals surface area contributed by atoms with Crippen molar-refractivity contribution in [2.45, 2.75) is 57.8 Å². The fourth-order valence-electron chi connectivity index (χ4n) is 4.14. The van der Waals surface area contributed by atoms with Gasteiger partial charge in [-0.1, -0.05) is 11.6 Å². The van der Waals surface area contributed by atoms with E-state index in [0.29, 0.717) is 54.0 Å². The van der Waals surface area contributed by atoms with Crippen molar-refractivity contribution < 1.29 is 28.9 Å². The van der Waals surface area contributed by atoms with Crippen molar-refractivity contribution in [3.05, 3.63) is 23.5 Å². The fourth-order valence-corrected chi connectivity index (χ4v) is 4.14. The van der Waals surface area contributed by atoms with Crippen LogP contribution in [0.3, 0.4) is 0 Å². The van der Waals surface area contributed by atoms with Crippen molar-refractivity contribution in [2.75, 3.05) is 20.2 Å². The Bertz CT molecular complexity index is 1040. The molecule has 1 N–H and O–H groups in total. The van der Waals surface area contributed by atoms with Gasteiger partial charge in [0.1, 0.15) is 29.8 Å². The molecule has 2 atom stereocenters. The number of pyridine rings is 1. The zero-order valence-corrected chi connectivity index (χ0v) is 19.8. The Kier molecular flexibility index (Phi) is 7.30. The van der Waals surface area contributed by atoms with Gasteiger partial charge in [0, 0.05) is 33.5 Å². The molecule has 1 aliphatic heterocycles. The Hall–Kier alpha value is -3.21. The Morgan fingerprint density at radius 3 is 2.76 bits per heavy atom. The van der Waals surface area contributed by atoms with Crippen molar-refractivity contribution in [3.63, 3.8) is 0 Å². The quantitative estimate of drug-likeness (QED) is 0.615. The van der Waals surface area contributed by atoms with Crippen LogP contribution in [0.15, 0.2) is 12.1 Å². The van der Waals surface area contributed by atoms with E-state index in [1.54, 1.807) is 35.8 Å². The van der Waals surface area contributed by atoms with Crippen LogP contribution in [0, 0.1) is 12.8 Å². The van der Waals surface area contributed by atoms with E-state index in [4.69, 9.17) is 14.2 Å². The first-order chi connectivity index (χ1) is 16.3. The molecule has 0 aromatic carbocycles. The first-order valence-electron chi connectivity index (χ1n) is 11.6. The lowest BCUT2D eigenvalue weighted by molar-refractivity contribution is -0.156. The third kappa shape index (κ3) is 5.46. The first kappa shape index (κ1) is 23.9. The second-order valence-corrected chi connectivity index (χ2v) is 8.98. The fraction of sp³-hybridized carbons (Fsp3) is 0.609. The summed E-state index contributed by atoms with van der Waals surface area (Å²) in [5.41, 5.74) is 2.40. The third-order valence-electron chi connectivity index (χ3n) is 6.43. The van der Waals surface area contributed by atoms with Crippen molar-refractivity contribution in [2.24, 2.45) is 13.0 Å². The van der Waals surface area contributed by atoms with E-state index in [2.05, 4.69) is 15.3 Å². The molecule has 2 unspecified atom stereocenters. The lowest BCUT2D eigenvalue weighted by atomic mass is 9.85. The van der Waals surface area contributed by atoms with Gasteiger partial charge >= 0.3 is 12.1 Å². The predicted molar refractivity (Wildman–Crippen MR) is 120 cm³/mol. The second kappa shape index (κ2) is 10.4. The predicted octanol–water partition coefficient (Wildman–Crippen LogP) is 2.57. The van der Waals surface area contributed by atoms with Gasteiger partial charge < -0.3 is 24.2 Å². The maximum Gasteiger partial charge on any atom is 0.409 e. The lowest BCUT2D eigenvalue weighted by Gasteiger charge is -2.29. The molecule has 0 bridgehead atoms. The Morgan fingerprint density at radius 1 is 1.29 bits per heavy atom. The molecule has 4 rings (SSSR count). The highest BCUT2D eigenvalue weighted by molar-refractivity contribution is 5.72. The van der Waals surface area contributed by atoms with Gasteiger partial charge in [0.2, 0.25) is 0 Å². The number of carbonyl (C=O) groups is 2. The first-order valence-corrected chi connectivity index (χ1v) is 11.6.